The predicted molar refractivity (Wildman–Crippen MR) is 70.3 cm³/mol. The number of nitrogens with zero attached hydrogens (tertiary/aromatic N) is 1. The second-order valence-corrected chi connectivity index (χ2v) is 4.42. The van der Waals surface area contributed by atoms with Gasteiger partial charge in [-0.1, -0.05) is 0 Å². The molecule has 1 aromatic carbocycles. The van der Waals surface area contributed by atoms with Crippen molar-refractivity contribution < 1.29 is 22.3 Å². The van der Waals surface area contributed by atoms with Crippen LogP contribution in [0.5, 0.6) is 5.75 Å². The summed E-state index contributed by atoms with van der Waals surface area (Å²) in [7, 11) is 0. The number of nitrogen functional groups attached to an aromatic ring is 1. The molecule has 3 nitrogen and oxygen atoms in total. The largest absolute Gasteiger partial charge is 0.484 e. The van der Waals surface area contributed by atoms with Crippen LogP contribution in [-0.2, 0) is 0 Å². The van der Waals surface area contributed by atoms with Gasteiger partial charge in [0.1, 0.15) is 5.75 Å². The number of hydrogen-bond donors (Lipinski definition) is 1. The summed E-state index contributed by atoms with van der Waals surface area (Å²) in [6, 6.07) is 7.21. The van der Waals surface area contributed by atoms with E-state index in [0.717, 1.165) is 0 Å². The Bertz CT molecular complexity index is 615. The van der Waals surface area contributed by atoms with Gasteiger partial charge in [-0.2, -0.15) is 13.2 Å². The minimum atomic E-state index is -4.39. The van der Waals surface area contributed by atoms with Crippen molar-refractivity contribution in [2.24, 2.45) is 0 Å². The highest BCUT2D eigenvalue weighted by Gasteiger charge is 2.28. The maximum Gasteiger partial charge on any atom is 0.422 e. The van der Waals surface area contributed by atoms with Crippen LogP contribution in [0.2, 0.25) is 0 Å². The minimum absolute atomic E-state index is 0.0325. The molecule has 0 aliphatic rings. The van der Waals surface area contributed by atoms with Crippen LogP contribution >= 0.6 is 0 Å². The van der Waals surface area contributed by atoms with Crippen LogP contribution in [0.15, 0.2) is 30.3 Å². The Kier molecular flexibility index (Phi) is 4.02. The normalized spacial score (nSPS) is 11.5. The van der Waals surface area contributed by atoms with Gasteiger partial charge in [-0.05, 0) is 37.3 Å². The molecule has 2 aromatic rings. The Morgan fingerprint density at radius 1 is 1.19 bits per heavy atom. The van der Waals surface area contributed by atoms with Crippen molar-refractivity contribution in [1.82, 2.24) is 4.98 Å². The molecule has 0 amide bonds. The predicted octanol–water partition coefficient (Wildman–Crippen LogP) is 3.72. The van der Waals surface area contributed by atoms with Crippen LogP contribution in [-0.4, -0.2) is 17.8 Å². The molecule has 0 atom stereocenters. The number of alkyl halides is 3. The molecule has 21 heavy (non-hydrogen) atoms. The number of ether oxygens (including phenoxy) is 1. The molecule has 0 aliphatic heterocycles. The quantitative estimate of drug-likeness (QED) is 0.879. The van der Waals surface area contributed by atoms with E-state index < -0.39 is 18.6 Å². The molecule has 2 rings (SSSR count). The highest BCUT2D eigenvalue weighted by atomic mass is 19.4. The van der Waals surface area contributed by atoms with Crippen LogP contribution < -0.4 is 10.5 Å². The van der Waals surface area contributed by atoms with E-state index in [-0.39, 0.29) is 17.1 Å². The van der Waals surface area contributed by atoms with E-state index >= 15 is 0 Å². The van der Waals surface area contributed by atoms with E-state index in [4.69, 9.17) is 5.73 Å². The minimum Gasteiger partial charge on any atom is -0.484 e. The van der Waals surface area contributed by atoms with Crippen LogP contribution in [0.25, 0.3) is 11.3 Å². The molecule has 0 radical (unpaired) electrons. The number of pyridine rings is 1. The average molecular weight is 300 g/mol. The molecule has 0 spiro atoms. The van der Waals surface area contributed by atoms with Gasteiger partial charge in [0.25, 0.3) is 0 Å². The molecule has 112 valence electrons. The topological polar surface area (TPSA) is 48.1 Å². The highest BCUT2D eigenvalue weighted by molar-refractivity contribution is 5.64. The SMILES string of the molecule is Cc1nc(-c2ccc(OCC(F)(F)F)cc2)cc(N)c1F. The lowest BCUT2D eigenvalue weighted by Gasteiger charge is -2.10. The summed E-state index contributed by atoms with van der Waals surface area (Å²) in [5.74, 6) is -0.494. The molecule has 7 heteroatoms. The average Bonchev–Trinajstić information content (AvgIpc) is 2.42. The fraction of sp³-hybridized carbons (Fsp3) is 0.214. The van der Waals surface area contributed by atoms with E-state index in [9.17, 15) is 17.6 Å². The second kappa shape index (κ2) is 5.59. The lowest BCUT2D eigenvalue weighted by Crippen LogP contribution is -2.19. The Labute approximate surface area is 118 Å². The fourth-order valence-electron chi connectivity index (χ4n) is 1.72. The molecule has 0 unspecified atom stereocenters. The third-order valence-corrected chi connectivity index (χ3v) is 2.70. The van der Waals surface area contributed by atoms with Crippen molar-refractivity contribution in [2.45, 2.75) is 13.1 Å². The Balaban J connectivity index is 2.19. The summed E-state index contributed by atoms with van der Waals surface area (Å²) in [5.41, 5.74) is 6.68. The lowest BCUT2D eigenvalue weighted by molar-refractivity contribution is -0.153. The number of rotatable bonds is 3. The lowest BCUT2D eigenvalue weighted by atomic mass is 10.1. The van der Waals surface area contributed by atoms with Gasteiger partial charge in [-0.3, -0.25) is 0 Å². The summed E-state index contributed by atoms with van der Waals surface area (Å²) in [6.07, 6.45) is -4.39. The standard InChI is InChI=1S/C14H12F4N2O/c1-8-13(15)11(19)6-12(20-8)9-2-4-10(5-3-9)21-7-14(16,17)18/h2-6H,7H2,1H3,(H2,19,20). The molecule has 0 fully saturated rings. The number of nitrogens with two attached hydrogens (primary N) is 1. The molecular weight excluding hydrogens is 288 g/mol. The first-order chi connectivity index (χ1) is 9.76. The van der Waals surface area contributed by atoms with Crippen molar-refractivity contribution >= 4 is 5.69 Å². The van der Waals surface area contributed by atoms with Gasteiger partial charge >= 0.3 is 6.18 Å². The third kappa shape index (κ3) is 3.84. The van der Waals surface area contributed by atoms with Crippen molar-refractivity contribution in [1.29, 1.82) is 0 Å². The molecule has 0 saturated carbocycles. The van der Waals surface area contributed by atoms with Crippen LogP contribution in [0.1, 0.15) is 5.69 Å². The number of benzene rings is 1. The summed E-state index contributed by atoms with van der Waals surface area (Å²) in [5, 5.41) is 0. The van der Waals surface area contributed by atoms with Crippen molar-refractivity contribution in [3.8, 4) is 17.0 Å². The molecule has 0 bridgehead atoms. The Morgan fingerprint density at radius 2 is 1.81 bits per heavy atom. The molecule has 0 saturated heterocycles. The fourth-order valence-corrected chi connectivity index (χ4v) is 1.72. The smallest absolute Gasteiger partial charge is 0.422 e. The van der Waals surface area contributed by atoms with E-state index in [1.165, 1.54) is 37.3 Å². The molecule has 1 aromatic heterocycles. The maximum atomic E-state index is 13.4. The summed E-state index contributed by atoms with van der Waals surface area (Å²) in [4.78, 5) is 4.04. The monoisotopic (exact) mass is 300 g/mol. The number of aryl methyl sites for hydroxylation is 1. The molecule has 1 heterocycles. The second-order valence-electron chi connectivity index (χ2n) is 4.42. The number of anilines is 1. The van der Waals surface area contributed by atoms with Crippen molar-refractivity contribution in [2.75, 3.05) is 12.3 Å². The van der Waals surface area contributed by atoms with Crippen molar-refractivity contribution in [3.63, 3.8) is 0 Å². The van der Waals surface area contributed by atoms with E-state index in [2.05, 4.69) is 9.72 Å². The third-order valence-electron chi connectivity index (χ3n) is 2.70. The summed E-state index contributed by atoms with van der Waals surface area (Å²) < 4.78 is 54.1. The van der Waals surface area contributed by atoms with Gasteiger partial charge in [-0.15, -0.1) is 0 Å². The number of halogens is 4. The zero-order chi connectivity index (χ0) is 15.6. The Hall–Kier alpha value is -2.31. The zero-order valence-corrected chi connectivity index (χ0v) is 11.0. The summed E-state index contributed by atoms with van der Waals surface area (Å²) in [6.45, 7) is 0.128. The molecule has 2 N–H and O–H groups in total. The maximum absolute atomic E-state index is 13.4. The number of aromatic nitrogens is 1. The first-order valence-corrected chi connectivity index (χ1v) is 5.99. The van der Waals surface area contributed by atoms with E-state index in [1.54, 1.807) is 0 Å². The molecular formula is C14H12F4N2O. The van der Waals surface area contributed by atoms with Gasteiger partial charge in [-0.25, -0.2) is 9.37 Å². The van der Waals surface area contributed by atoms with Crippen molar-refractivity contribution in [3.05, 3.63) is 41.8 Å². The van der Waals surface area contributed by atoms with E-state index in [0.29, 0.717) is 11.3 Å². The highest BCUT2D eigenvalue weighted by Crippen LogP contribution is 2.25. The number of hydrogen-bond acceptors (Lipinski definition) is 3. The van der Waals surface area contributed by atoms with Gasteiger partial charge in [0, 0.05) is 5.56 Å². The van der Waals surface area contributed by atoms with Crippen LogP contribution in [0, 0.1) is 12.7 Å². The van der Waals surface area contributed by atoms with Crippen LogP contribution in [0.3, 0.4) is 0 Å². The Morgan fingerprint density at radius 3 is 2.33 bits per heavy atom. The first-order valence-electron chi connectivity index (χ1n) is 5.99. The van der Waals surface area contributed by atoms with Gasteiger partial charge in [0.15, 0.2) is 12.4 Å². The summed E-state index contributed by atoms with van der Waals surface area (Å²) >= 11 is 0. The van der Waals surface area contributed by atoms with Gasteiger partial charge in [0.05, 0.1) is 17.1 Å². The zero-order valence-electron chi connectivity index (χ0n) is 11.0. The van der Waals surface area contributed by atoms with Gasteiger partial charge in [0.2, 0.25) is 0 Å². The molecule has 0 aliphatic carbocycles. The van der Waals surface area contributed by atoms with E-state index in [1.807, 2.05) is 0 Å². The first kappa shape index (κ1) is 15.1. The van der Waals surface area contributed by atoms with Crippen LogP contribution in [0.4, 0.5) is 23.2 Å². The van der Waals surface area contributed by atoms with Gasteiger partial charge < -0.3 is 10.5 Å².